The Hall–Kier alpha value is -0.770. The van der Waals surface area contributed by atoms with E-state index in [4.69, 9.17) is 14.2 Å². The van der Waals surface area contributed by atoms with Crippen molar-refractivity contribution in [2.45, 2.75) is 104 Å². The average molecular weight is 464 g/mol. The molecule has 1 rings (SSSR count). The topological polar surface area (TPSA) is 117 Å². The van der Waals surface area contributed by atoms with Crippen molar-refractivity contribution < 1.29 is 34.3 Å². The lowest BCUT2D eigenvalue weighted by molar-refractivity contribution is -0.282. The van der Waals surface area contributed by atoms with Crippen LogP contribution in [0.3, 0.4) is 0 Å². The van der Waals surface area contributed by atoms with Gasteiger partial charge in [0.05, 0.1) is 12.7 Å². The molecular weight excluding hydrogens is 414 g/mol. The Morgan fingerprint density at radius 3 is 2.19 bits per heavy atom. The smallest absolute Gasteiger partial charge is 0.219 e. The molecule has 1 heterocycles. The number of carbonyl (C=O) groups is 1. The van der Waals surface area contributed by atoms with Crippen molar-refractivity contribution in [3.05, 3.63) is 0 Å². The van der Waals surface area contributed by atoms with Gasteiger partial charge in [0, 0.05) is 39.2 Å². The van der Waals surface area contributed by atoms with Gasteiger partial charge in [-0.05, 0) is 31.6 Å². The Morgan fingerprint density at radius 1 is 0.969 bits per heavy atom. The molecule has 0 aliphatic carbocycles. The number of ether oxygens (including phenoxy) is 3. The highest BCUT2D eigenvalue weighted by molar-refractivity contribution is 5.75. The summed E-state index contributed by atoms with van der Waals surface area (Å²) in [5, 5.41) is 32.0. The van der Waals surface area contributed by atoms with Gasteiger partial charge in [-0.3, -0.25) is 4.79 Å². The number of rotatable bonds is 15. The lowest BCUT2D eigenvalue weighted by atomic mass is 9.92. The number of hydrogen-bond acceptors (Lipinski definition) is 7. The minimum Gasteiger partial charge on any atom is -0.394 e. The standard InChI is InChI=1S/C20H39NO7.C4H10/c1-15-18(24)19(25)16(14-22)28-20(15)27-13-9-5-6-10-17(23)21-11-7-3-4-8-12-26-2;1-4(2)3/h15-16,18-20,22,24-25H,3-14H2,1-2H3,(H,21,23);4H,1-3H3/t15-,16?,18?,19-,20+;/m0./s1. The third-order valence-corrected chi connectivity index (χ3v) is 5.12. The minimum atomic E-state index is -1.11. The largest absolute Gasteiger partial charge is 0.394 e. The van der Waals surface area contributed by atoms with E-state index in [1.165, 1.54) is 0 Å². The fourth-order valence-electron chi connectivity index (χ4n) is 3.22. The first-order valence-electron chi connectivity index (χ1n) is 12.2. The first kappa shape index (κ1) is 31.2. The van der Waals surface area contributed by atoms with Crippen molar-refractivity contribution in [2.75, 3.05) is 33.5 Å². The number of amides is 1. The van der Waals surface area contributed by atoms with Crippen LogP contribution in [-0.4, -0.2) is 79.3 Å². The first-order valence-corrected chi connectivity index (χ1v) is 12.2. The normalized spacial score (nSPS) is 25.3. The maximum absolute atomic E-state index is 11.8. The molecule has 1 fully saturated rings. The second-order valence-corrected chi connectivity index (χ2v) is 9.24. The van der Waals surface area contributed by atoms with Gasteiger partial charge < -0.3 is 34.8 Å². The van der Waals surface area contributed by atoms with Gasteiger partial charge in [0.1, 0.15) is 12.2 Å². The molecule has 2 unspecified atom stereocenters. The second kappa shape index (κ2) is 19.7. The maximum Gasteiger partial charge on any atom is 0.219 e. The molecule has 1 aliphatic rings. The molecular formula is C24H49NO7. The molecule has 32 heavy (non-hydrogen) atoms. The predicted molar refractivity (Wildman–Crippen MR) is 125 cm³/mol. The highest BCUT2D eigenvalue weighted by Gasteiger charge is 2.42. The van der Waals surface area contributed by atoms with E-state index >= 15 is 0 Å². The Morgan fingerprint density at radius 2 is 1.56 bits per heavy atom. The fourth-order valence-corrected chi connectivity index (χ4v) is 3.22. The van der Waals surface area contributed by atoms with Gasteiger partial charge in [-0.1, -0.05) is 47.0 Å². The van der Waals surface area contributed by atoms with Crippen LogP contribution >= 0.6 is 0 Å². The van der Waals surface area contributed by atoms with Gasteiger partial charge in [-0.2, -0.15) is 0 Å². The summed E-state index contributed by atoms with van der Waals surface area (Å²) in [5.74, 6) is 0.544. The molecule has 0 saturated carbocycles. The van der Waals surface area contributed by atoms with E-state index in [0.29, 0.717) is 13.0 Å². The Labute approximate surface area is 195 Å². The van der Waals surface area contributed by atoms with E-state index in [2.05, 4.69) is 26.1 Å². The monoisotopic (exact) mass is 463 g/mol. The van der Waals surface area contributed by atoms with Crippen LogP contribution in [-0.2, 0) is 19.0 Å². The maximum atomic E-state index is 11.8. The number of methoxy groups -OCH3 is 1. The molecule has 0 aromatic carbocycles. The van der Waals surface area contributed by atoms with Gasteiger partial charge >= 0.3 is 0 Å². The summed E-state index contributed by atoms with van der Waals surface area (Å²) in [6.45, 7) is 9.85. The Balaban J connectivity index is 0.00000220. The molecule has 192 valence electrons. The van der Waals surface area contributed by atoms with Crippen molar-refractivity contribution in [3.8, 4) is 0 Å². The number of nitrogens with one attached hydrogen (secondary N) is 1. The quantitative estimate of drug-likeness (QED) is 0.276. The lowest BCUT2D eigenvalue weighted by Gasteiger charge is -2.40. The summed E-state index contributed by atoms with van der Waals surface area (Å²) in [6, 6.07) is 0. The van der Waals surface area contributed by atoms with E-state index in [-0.39, 0.29) is 18.4 Å². The van der Waals surface area contributed by atoms with E-state index in [9.17, 15) is 20.1 Å². The molecule has 0 aromatic rings. The molecule has 8 heteroatoms. The number of unbranched alkanes of at least 4 members (excludes halogenated alkanes) is 5. The number of aliphatic hydroxyl groups is 3. The summed E-state index contributed by atoms with van der Waals surface area (Å²) in [6.07, 6.45) is 3.67. The van der Waals surface area contributed by atoms with Crippen LogP contribution in [0.15, 0.2) is 0 Å². The minimum absolute atomic E-state index is 0.0879. The molecule has 0 radical (unpaired) electrons. The third-order valence-electron chi connectivity index (χ3n) is 5.12. The molecule has 4 N–H and O–H groups in total. The van der Waals surface area contributed by atoms with E-state index < -0.39 is 24.6 Å². The SMILES string of the molecule is CC(C)C.COCCCCCCNC(=O)CCCCCO[C@@H]1OC(CO)[C@H](O)C(O)[C@@H]1C. The van der Waals surface area contributed by atoms with Crippen molar-refractivity contribution in [1.29, 1.82) is 0 Å². The highest BCUT2D eigenvalue weighted by Crippen LogP contribution is 2.26. The van der Waals surface area contributed by atoms with Crippen LogP contribution < -0.4 is 5.32 Å². The third kappa shape index (κ3) is 15.1. The van der Waals surface area contributed by atoms with E-state index in [0.717, 1.165) is 64.0 Å². The van der Waals surface area contributed by atoms with E-state index in [1.54, 1.807) is 14.0 Å². The van der Waals surface area contributed by atoms with Crippen LogP contribution in [0.2, 0.25) is 0 Å². The summed E-state index contributed by atoms with van der Waals surface area (Å²) in [7, 11) is 1.71. The number of carbonyl (C=O) groups excluding carboxylic acids is 1. The van der Waals surface area contributed by atoms with Crippen molar-refractivity contribution in [2.24, 2.45) is 11.8 Å². The average Bonchev–Trinajstić information content (AvgIpc) is 2.74. The number of hydrogen-bond donors (Lipinski definition) is 4. The zero-order valence-corrected chi connectivity index (χ0v) is 20.9. The molecule has 1 saturated heterocycles. The Kier molecular flexibility index (Phi) is 19.2. The van der Waals surface area contributed by atoms with Crippen LogP contribution in [0.5, 0.6) is 0 Å². The molecule has 1 amide bonds. The summed E-state index contributed by atoms with van der Waals surface area (Å²) in [5.41, 5.74) is 0. The fraction of sp³-hybridized carbons (Fsp3) is 0.958. The van der Waals surface area contributed by atoms with Crippen LogP contribution in [0.4, 0.5) is 0 Å². The Bertz CT molecular complexity index is 445. The van der Waals surface area contributed by atoms with Gasteiger partial charge in [0.2, 0.25) is 5.91 Å². The van der Waals surface area contributed by atoms with Gasteiger partial charge in [-0.15, -0.1) is 0 Å². The van der Waals surface area contributed by atoms with Gasteiger partial charge in [0.25, 0.3) is 0 Å². The van der Waals surface area contributed by atoms with Crippen molar-refractivity contribution in [1.82, 2.24) is 5.32 Å². The number of aliphatic hydroxyl groups excluding tert-OH is 3. The van der Waals surface area contributed by atoms with Gasteiger partial charge in [0.15, 0.2) is 6.29 Å². The zero-order valence-electron chi connectivity index (χ0n) is 20.9. The molecule has 1 aliphatic heterocycles. The van der Waals surface area contributed by atoms with Crippen molar-refractivity contribution >= 4 is 5.91 Å². The van der Waals surface area contributed by atoms with Crippen LogP contribution in [0.25, 0.3) is 0 Å². The summed E-state index contributed by atoms with van der Waals surface area (Å²) in [4.78, 5) is 11.8. The van der Waals surface area contributed by atoms with Crippen molar-refractivity contribution in [3.63, 3.8) is 0 Å². The molecule has 8 nitrogen and oxygen atoms in total. The molecule has 0 aromatic heterocycles. The van der Waals surface area contributed by atoms with Crippen LogP contribution in [0.1, 0.15) is 79.1 Å². The molecule has 5 atom stereocenters. The van der Waals surface area contributed by atoms with Gasteiger partial charge in [-0.25, -0.2) is 0 Å². The van der Waals surface area contributed by atoms with E-state index in [1.807, 2.05) is 0 Å². The zero-order chi connectivity index (χ0) is 24.4. The predicted octanol–water partition coefficient (Wildman–Crippen LogP) is 2.62. The molecule has 0 spiro atoms. The second-order valence-electron chi connectivity index (χ2n) is 9.24. The van der Waals surface area contributed by atoms with Crippen LogP contribution in [0, 0.1) is 11.8 Å². The first-order chi connectivity index (χ1) is 15.2. The lowest BCUT2D eigenvalue weighted by Crippen LogP contribution is -2.55. The molecule has 0 bridgehead atoms. The highest BCUT2D eigenvalue weighted by atomic mass is 16.7. The summed E-state index contributed by atoms with van der Waals surface area (Å²) < 4.78 is 16.2. The summed E-state index contributed by atoms with van der Waals surface area (Å²) >= 11 is 0.